The second kappa shape index (κ2) is 6.55. The lowest BCUT2D eigenvalue weighted by Crippen LogP contribution is -2.47. The number of halogens is 1. The van der Waals surface area contributed by atoms with E-state index in [0.717, 1.165) is 32.6 Å². The van der Waals surface area contributed by atoms with Gasteiger partial charge in [0.1, 0.15) is 0 Å². The minimum absolute atomic E-state index is 0.243. The van der Waals surface area contributed by atoms with Crippen LogP contribution >= 0.6 is 0 Å². The number of piperazine rings is 1. The van der Waals surface area contributed by atoms with E-state index in [1.54, 1.807) is 0 Å². The van der Waals surface area contributed by atoms with Crippen molar-refractivity contribution in [2.45, 2.75) is 19.8 Å². The molecule has 1 aromatic carbocycles. The predicted molar refractivity (Wildman–Crippen MR) is 77.9 cm³/mol. The van der Waals surface area contributed by atoms with Crippen molar-refractivity contribution in [3.05, 3.63) is 29.8 Å². The van der Waals surface area contributed by atoms with E-state index < -0.39 is 0 Å². The zero-order chi connectivity index (χ0) is 13.7. The fourth-order valence-corrected chi connectivity index (χ4v) is 2.44. The van der Waals surface area contributed by atoms with Gasteiger partial charge in [0, 0.05) is 31.9 Å². The summed E-state index contributed by atoms with van der Waals surface area (Å²) in [6.07, 6.45) is 1.42. The van der Waals surface area contributed by atoms with E-state index in [1.807, 2.05) is 6.92 Å². The molecule has 0 atom stereocenters. The van der Waals surface area contributed by atoms with Gasteiger partial charge in [-0.2, -0.15) is 0 Å². The number of alkyl halides is 1. The van der Waals surface area contributed by atoms with Crippen molar-refractivity contribution in [1.29, 1.82) is 5.41 Å². The molecule has 1 N–H and O–H groups in total. The maximum Gasteiger partial charge on any atom is 0.0927 e. The van der Waals surface area contributed by atoms with Gasteiger partial charge in [-0.3, -0.25) is 9.80 Å². The van der Waals surface area contributed by atoms with Crippen LogP contribution in [0.25, 0.3) is 0 Å². The van der Waals surface area contributed by atoms with Crippen LogP contribution in [0.1, 0.15) is 18.9 Å². The highest BCUT2D eigenvalue weighted by Crippen LogP contribution is 2.18. The van der Waals surface area contributed by atoms with E-state index >= 15 is 0 Å². The number of rotatable bonds is 4. The molecule has 0 saturated carbocycles. The van der Waals surface area contributed by atoms with Gasteiger partial charge in [-0.1, -0.05) is 12.1 Å². The molecule has 4 heteroatoms. The molecule has 1 aliphatic rings. The van der Waals surface area contributed by atoms with Gasteiger partial charge in [-0.05, 0) is 37.5 Å². The first-order valence-corrected chi connectivity index (χ1v) is 6.90. The molecule has 1 aromatic rings. The highest BCUT2D eigenvalue weighted by Gasteiger charge is 2.17. The summed E-state index contributed by atoms with van der Waals surface area (Å²) in [6, 6.07) is 8.44. The number of nitrogens with one attached hydrogen (secondary N) is 1. The fourth-order valence-electron chi connectivity index (χ4n) is 2.44. The Balaban J connectivity index is 1.90. The lowest BCUT2D eigenvalue weighted by molar-refractivity contribution is 0.382. The SMILES string of the molecule is CC(=N)N1CCN(c2ccc(CCCF)cc2)CC1. The molecule has 2 rings (SSSR count). The number of anilines is 1. The van der Waals surface area contributed by atoms with Crippen LogP contribution in [0, 0.1) is 5.41 Å². The molecule has 0 bridgehead atoms. The summed E-state index contributed by atoms with van der Waals surface area (Å²) in [6.45, 7) is 5.35. The molecule has 0 spiro atoms. The first-order valence-electron chi connectivity index (χ1n) is 6.90. The van der Waals surface area contributed by atoms with Crippen molar-refractivity contribution in [3.8, 4) is 0 Å². The second-order valence-corrected chi connectivity index (χ2v) is 5.02. The molecule has 0 aromatic heterocycles. The smallest absolute Gasteiger partial charge is 0.0927 e. The Kier molecular flexibility index (Phi) is 4.77. The molecule has 104 valence electrons. The summed E-state index contributed by atoms with van der Waals surface area (Å²) in [5.41, 5.74) is 2.43. The average molecular weight is 263 g/mol. The molecule has 19 heavy (non-hydrogen) atoms. The fraction of sp³-hybridized carbons (Fsp3) is 0.533. The number of amidine groups is 1. The van der Waals surface area contributed by atoms with Crippen LogP contribution in [0.3, 0.4) is 0 Å². The van der Waals surface area contributed by atoms with Crippen molar-refractivity contribution in [3.63, 3.8) is 0 Å². The molecule has 1 fully saturated rings. The molecule has 1 heterocycles. The van der Waals surface area contributed by atoms with E-state index in [1.165, 1.54) is 11.3 Å². The Morgan fingerprint density at radius 3 is 2.32 bits per heavy atom. The van der Waals surface area contributed by atoms with Gasteiger partial charge in [0.05, 0.1) is 12.5 Å². The van der Waals surface area contributed by atoms with Crippen LogP contribution in [0.2, 0.25) is 0 Å². The van der Waals surface area contributed by atoms with Crippen LogP contribution in [0.4, 0.5) is 10.1 Å². The maximum atomic E-state index is 12.1. The molecular weight excluding hydrogens is 241 g/mol. The monoisotopic (exact) mass is 263 g/mol. The maximum absolute atomic E-state index is 12.1. The van der Waals surface area contributed by atoms with Crippen molar-refractivity contribution in [2.24, 2.45) is 0 Å². The summed E-state index contributed by atoms with van der Waals surface area (Å²) in [7, 11) is 0. The van der Waals surface area contributed by atoms with Gasteiger partial charge in [-0.15, -0.1) is 0 Å². The molecule has 0 aliphatic carbocycles. The topological polar surface area (TPSA) is 30.3 Å². The summed E-state index contributed by atoms with van der Waals surface area (Å²) >= 11 is 0. The number of hydrogen-bond acceptors (Lipinski definition) is 2. The number of nitrogens with zero attached hydrogens (tertiary/aromatic N) is 2. The number of hydrogen-bond donors (Lipinski definition) is 1. The minimum Gasteiger partial charge on any atom is -0.368 e. The van der Waals surface area contributed by atoms with Crippen molar-refractivity contribution < 1.29 is 4.39 Å². The second-order valence-electron chi connectivity index (χ2n) is 5.02. The Labute approximate surface area is 114 Å². The van der Waals surface area contributed by atoms with Gasteiger partial charge < -0.3 is 9.80 Å². The summed E-state index contributed by atoms with van der Waals surface area (Å²) < 4.78 is 12.1. The zero-order valence-electron chi connectivity index (χ0n) is 11.5. The molecule has 1 aliphatic heterocycles. The summed E-state index contributed by atoms with van der Waals surface area (Å²) in [4.78, 5) is 4.45. The van der Waals surface area contributed by atoms with Gasteiger partial charge in [0.25, 0.3) is 0 Å². The van der Waals surface area contributed by atoms with Gasteiger partial charge >= 0.3 is 0 Å². The lowest BCUT2D eigenvalue weighted by Gasteiger charge is -2.36. The van der Waals surface area contributed by atoms with Crippen LogP contribution in [0.5, 0.6) is 0 Å². The molecule has 3 nitrogen and oxygen atoms in total. The van der Waals surface area contributed by atoms with E-state index in [4.69, 9.17) is 5.41 Å². The van der Waals surface area contributed by atoms with Crippen molar-refractivity contribution in [2.75, 3.05) is 37.8 Å². The molecular formula is C15H22FN3. The number of benzene rings is 1. The quantitative estimate of drug-likeness (QED) is 0.669. The van der Waals surface area contributed by atoms with Crippen LogP contribution in [0.15, 0.2) is 24.3 Å². The van der Waals surface area contributed by atoms with Gasteiger partial charge in [0.2, 0.25) is 0 Å². The van der Waals surface area contributed by atoms with Gasteiger partial charge in [-0.25, -0.2) is 0 Å². The van der Waals surface area contributed by atoms with E-state index in [-0.39, 0.29) is 6.67 Å². The van der Waals surface area contributed by atoms with Crippen molar-refractivity contribution >= 4 is 11.5 Å². The van der Waals surface area contributed by atoms with E-state index in [9.17, 15) is 4.39 Å². The van der Waals surface area contributed by atoms with Crippen LogP contribution < -0.4 is 4.90 Å². The molecule has 0 amide bonds. The first-order chi connectivity index (χ1) is 9.20. The molecule has 0 unspecified atom stereocenters. The molecule has 0 radical (unpaired) electrons. The van der Waals surface area contributed by atoms with Crippen LogP contribution in [-0.2, 0) is 6.42 Å². The normalized spacial score (nSPS) is 15.7. The number of aryl methyl sites for hydroxylation is 1. The zero-order valence-corrected chi connectivity index (χ0v) is 11.5. The standard InChI is InChI=1S/C15H22FN3/c1-13(17)18-9-11-19(12-10-18)15-6-4-14(5-7-15)3-2-8-16/h4-7,17H,2-3,8-12H2,1H3. The third-order valence-electron chi connectivity index (χ3n) is 3.65. The predicted octanol–water partition coefficient (Wildman–Crippen LogP) is 2.71. The largest absolute Gasteiger partial charge is 0.368 e. The Hall–Kier alpha value is -1.58. The highest BCUT2D eigenvalue weighted by molar-refractivity contribution is 5.76. The third kappa shape index (κ3) is 3.69. The Morgan fingerprint density at radius 2 is 1.79 bits per heavy atom. The third-order valence-corrected chi connectivity index (χ3v) is 3.65. The summed E-state index contributed by atoms with van der Waals surface area (Å²) in [5.74, 6) is 0.654. The molecule has 1 saturated heterocycles. The van der Waals surface area contributed by atoms with E-state index in [2.05, 4.69) is 34.1 Å². The van der Waals surface area contributed by atoms with Crippen molar-refractivity contribution in [1.82, 2.24) is 4.90 Å². The van der Waals surface area contributed by atoms with Gasteiger partial charge in [0.15, 0.2) is 0 Å². The van der Waals surface area contributed by atoms with E-state index in [0.29, 0.717) is 12.3 Å². The summed E-state index contributed by atoms with van der Waals surface area (Å²) in [5, 5.41) is 7.63. The average Bonchev–Trinajstić information content (AvgIpc) is 2.46. The Bertz CT molecular complexity index is 408. The first kappa shape index (κ1) is 13.8. The lowest BCUT2D eigenvalue weighted by atomic mass is 10.1. The Morgan fingerprint density at radius 1 is 1.16 bits per heavy atom. The van der Waals surface area contributed by atoms with Crippen LogP contribution in [-0.4, -0.2) is 43.6 Å². The minimum atomic E-state index is -0.243. The highest BCUT2D eigenvalue weighted by atomic mass is 19.1.